The molecule has 2 aliphatic rings. The number of fused-ring (bicyclic) bond motifs is 1. The normalized spacial score (nSPS) is 27.6. The van der Waals surface area contributed by atoms with E-state index in [1.807, 2.05) is 11.3 Å². The number of hydrogen-bond acceptors (Lipinski definition) is 4. The van der Waals surface area contributed by atoms with Crippen molar-refractivity contribution in [1.29, 1.82) is 0 Å². The van der Waals surface area contributed by atoms with Crippen molar-refractivity contribution in [1.82, 2.24) is 10.3 Å². The lowest BCUT2D eigenvalue weighted by atomic mass is 9.92. The zero-order valence-corrected chi connectivity index (χ0v) is 13.6. The summed E-state index contributed by atoms with van der Waals surface area (Å²) in [5.74, 6) is 0.937. The molecule has 0 radical (unpaired) electrons. The molecule has 1 saturated heterocycles. The van der Waals surface area contributed by atoms with Crippen molar-refractivity contribution < 1.29 is 0 Å². The third-order valence-electron chi connectivity index (χ3n) is 4.89. The number of rotatable bonds is 5. The van der Waals surface area contributed by atoms with Gasteiger partial charge in [-0.15, -0.1) is 11.3 Å². The molecule has 1 aliphatic heterocycles. The minimum Gasteiger partial charge on any atom is -0.345 e. The Morgan fingerprint density at radius 1 is 1.40 bits per heavy atom. The summed E-state index contributed by atoms with van der Waals surface area (Å²) in [4.78, 5) is 7.54. The molecular weight excluding hydrogens is 266 g/mol. The van der Waals surface area contributed by atoms with E-state index in [9.17, 15) is 0 Å². The molecule has 0 spiro atoms. The zero-order valence-electron chi connectivity index (χ0n) is 12.8. The molecule has 0 aromatic carbocycles. The van der Waals surface area contributed by atoms with Crippen LogP contribution < -0.4 is 10.2 Å². The summed E-state index contributed by atoms with van der Waals surface area (Å²) >= 11 is 1.84. The molecule has 0 bridgehead atoms. The highest BCUT2D eigenvalue weighted by Crippen LogP contribution is 2.40. The average Bonchev–Trinajstić information content (AvgIpc) is 3.12. The minimum atomic E-state index is 0.379. The van der Waals surface area contributed by atoms with Crippen molar-refractivity contribution in [3.8, 4) is 0 Å². The summed E-state index contributed by atoms with van der Waals surface area (Å²) in [6, 6.07) is 1.16. The number of thiazole rings is 1. The Kier molecular flexibility index (Phi) is 4.61. The van der Waals surface area contributed by atoms with Gasteiger partial charge in [0.05, 0.1) is 5.69 Å². The molecule has 3 atom stereocenters. The van der Waals surface area contributed by atoms with Gasteiger partial charge in [-0.3, -0.25) is 0 Å². The molecule has 2 fully saturated rings. The van der Waals surface area contributed by atoms with Crippen LogP contribution in [0, 0.1) is 5.92 Å². The highest BCUT2D eigenvalue weighted by atomic mass is 32.1. The van der Waals surface area contributed by atoms with Gasteiger partial charge in [0.1, 0.15) is 0 Å². The van der Waals surface area contributed by atoms with E-state index in [1.54, 1.807) is 0 Å². The fourth-order valence-electron chi connectivity index (χ4n) is 3.76. The summed E-state index contributed by atoms with van der Waals surface area (Å²) < 4.78 is 0. The van der Waals surface area contributed by atoms with Gasteiger partial charge in [-0.1, -0.05) is 13.3 Å². The first-order valence-electron chi connectivity index (χ1n) is 8.25. The quantitative estimate of drug-likeness (QED) is 0.890. The Labute approximate surface area is 126 Å². The van der Waals surface area contributed by atoms with Crippen LogP contribution in [-0.2, 0) is 0 Å². The summed E-state index contributed by atoms with van der Waals surface area (Å²) in [5.41, 5.74) is 1.22. The van der Waals surface area contributed by atoms with E-state index in [0.29, 0.717) is 6.04 Å². The van der Waals surface area contributed by atoms with Crippen LogP contribution in [0.2, 0.25) is 0 Å². The Balaban J connectivity index is 1.69. The number of anilines is 1. The molecule has 1 aromatic heterocycles. The Bertz CT molecular complexity index is 431. The number of piperidine rings is 1. The predicted molar refractivity (Wildman–Crippen MR) is 86.5 cm³/mol. The van der Waals surface area contributed by atoms with Gasteiger partial charge in [-0.2, -0.15) is 0 Å². The number of aromatic nitrogens is 1. The molecular formula is C16H27N3S. The molecule has 4 heteroatoms. The van der Waals surface area contributed by atoms with E-state index in [-0.39, 0.29) is 0 Å². The highest BCUT2D eigenvalue weighted by Gasteiger charge is 2.36. The van der Waals surface area contributed by atoms with Crippen LogP contribution in [0.1, 0.15) is 64.1 Å². The third-order valence-corrected chi connectivity index (χ3v) is 5.79. The molecule has 1 saturated carbocycles. The van der Waals surface area contributed by atoms with Crippen molar-refractivity contribution in [2.75, 3.05) is 18.0 Å². The molecule has 20 heavy (non-hydrogen) atoms. The summed E-state index contributed by atoms with van der Waals surface area (Å²) in [6.45, 7) is 6.72. The fourth-order valence-corrected chi connectivity index (χ4v) is 4.77. The van der Waals surface area contributed by atoms with Crippen LogP contribution in [0.4, 0.5) is 5.13 Å². The standard InChI is InChI=1S/C16H27N3S/c1-3-9-17-12(2)14-11-20-16(18-14)19-10-5-7-13-6-4-8-15(13)19/h11-13,15,17H,3-10H2,1-2H3. The molecule has 112 valence electrons. The van der Waals surface area contributed by atoms with Gasteiger partial charge in [0, 0.05) is 24.0 Å². The summed E-state index contributed by atoms with van der Waals surface area (Å²) in [5, 5.41) is 7.05. The topological polar surface area (TPSA) is 28.2 Å². The molecule has 1 N–H and O–H groups in total. The Hall–Kier alpha value is -0.610. The monoisotopic (exact) mass is 293 g/mol. The van der Waals surface area contributed by atoms with Crippen molar-refractivity contribution in [3.63, 3.8) is 0 Å². The van der Waals surface area contributed by atoms with Gasteiger partial charge in [-0.05, 0) is 51.5 Å². The van der Waals surface area contributed by atoms with Crippen molar-refractivity contribution in [2.24, 2.45) is 5.92 Å². The van der Waals surface area contributed by atoms with Gasteiger partial charge in [-0.25, -0.2) is 4.98 Å². The molecule has 3 unspecified atom stereocenters. The van der Waals surface area contributed by atoms with Crippen LogP contribution in [0.25, 0.3) is 0 Å². The number of nitrogens with zero attached hydrogens (tertiary/aromatic N) is 2. The van der Waals surface area contributed by atoms with Gasteiger partial charge < -0.3 is 10.2 Å². The van der Waals surface area contributed by atoms with Crippen LogP contribution >= 0.6 is 11.3 Å². The minimum absolute atomic E-state index is 0.379. The predicted octanol–water partition coefficient (Wildman–Crippen LogP) is 3.97. The van der Waals surface area contributed by atoms with E-state index >= 15 is 0 Å². The molecule has 2 heterocycles. The number of hydrogen-bond donors (Lipinski definition) is 1. The highest BCUT2D eigenvalue weighted by molar-refractivity contribution is 7.13. The van der Waals surface area contributed by atoms with E-state index in [2.05, 4.69) is 29.4 Å². The maximum absolute atomic E-state index is 4.93. The SMILES string of the molecule is CCCNC(C)c1csc(N2CCCC3CCCC32)n1. The molecule has 3 nitrogen and oxygen atoms in total. The Morgan fingerprint density at radius 3 is 3.10 bits per heavy atom. The summed E-state index contributed by atoms with van der Waals surface area (Å²) in [6.07, 6.45) is 8.19. The molecule has 1 aromatic rings. The second kappa shape index (κ2) is 6.44. The van der Waals surface area contributed by atoms with E-state index < -0.39 is 0 Å². The van der Waals surface area contributed by atoms with E-state index in [4.69, 9.17) is 4.98 Å². The van der Waals surface area contributed by atoms with Crippen molar-refractivity contribution >= 4 is 16.5 Å². The lowest BCUT2D eigenvalue weighted by Gasteiger charge is -2.37. The lowest BCUT2D eigenvalue weighted by molar-refractivity contribution is 0.362. The first kappa shape index (κ1) is 14.3. The first-order chi connectivity index (χ1) is 9.79. The van der Waals surface area contributed by atoms with E-state index in [0.717, 1.165) is 18.5 Å². The smallest absolute Gasteiger partial charge is 0.185 e. The zero-order chi connectivity index (χ0) is 13.9. The second-order valence-electron chi connectivity index (χ2n) is 6.32. The van der Waals surface area contributed by atoms with Gasteiger partial charge in [0.2, 0.25) is 0 Å². The van der Waals surface area contributed by atoms with Crippen LogP contribution in [0.3, 0.4) is 0 Å². The first-order valence-corrected chi connectivity index (χ1v) is 9.13. The fraction of sp³-hybridized carbons (Fsp3) is 0.812. The van der Waals surface area contributed by atoms with Gasteiger partial charge in [0.15, 0.2) is 5.13 Å². The van der Waals surface area contributed by atoms with Crippen molar-refractivity contribution in [2.45, 2.75) is 64.5 Å². The second-order valence-corrected chi connectivity index (χ2v) is 7.16. The molecule has 1 aliphatic carbocycles. The molecule has 3 rings (SSSR count). The van der Waals surface area contributed by atoms with E-state index in [1.165, 1.54) is 55.9 Å². The average molecular weight is 293 g/mol. The maximum atomic E-state index is 4.93. The van der Waals surface area contributed by atoms with Crippen LogP contribution in [-0.4, -0.2) is 24.1 Å². The van der Waals surface area contributed by atoms with Gasteiger partial charge in [0.25, 0.3) is 0 Å². The molecule has 0 amide bonds. The van der Waals surface area contributed by atoms with Crippen LogP contribution in [0.5, 0.6) is 0 Å². The van der Waals surface area contributed by atoms with Crippen LogP contribution in [0.15, 0.2) is 5.38 Å². The lowest BCUT2D eigenvalue weighted by Crippen LogP contribution is -2.42. The third kappa shape index (κ3) is 2.86. The summed E-state index contributed by atoms with van der Waals surface area (Å²) in [7, 11) is 0. The number of nitrogens with one attached hydrogen (secondary N) is 1. The largest absolute Gasteiger partial charge is 0.345 e. The van der Waals surface area contributed by atoms with Crippen molar-refractivity contribution in [3.05, 3.63) is 11.1 Å². The Morgan fingerprint density at radius 2 is 2.25 bits per heavy atom. The maximum Gasteiger partial charge on any atom is 0.185 e. The van der Waals surface area contributed by atoms with Gasteiger partial charge >= 0.3 is 0 Å².